The fourth-order valence-corrected chi connectivity index (χ4v) is 3.74. The lowest BCUT2D eigenvalue weighted by atomic mass is 10.0. The van der Waals surface area contributed by atoms with Crippen LogP contribution in [-0.4, -0.2) is 28.5 Å². The molecule has 0 radical (unpaired) electrons. The van der Waals surface area contributed by atoms with Gasteiger partial charge in [-0.3, -0.25) is 4.79 Å². The minimum Gasteiger partial charge on any atom is -0.351 e. The summed E-state index contributed by atoms with van der Waals surface area (Å²) in [6, 6.07) is 12.0. The molecule has 7 heteroatoms. The molecule has 5 nitrogen and oxygen atoms in total. The third-order valence-corrected chi connectivity index (χ3v) is 5.17. The van der Waals surface area contributed by atoms with Gasteiger partial charge in [-0.1, -0.05) is 15.9 Å². The Hall–Kier alpha value is -2.77. The van der Waals surface area contributed by atoms with E-state index < -0.39 is 5.82 Å². The van der Waals surface area contributed by atoms with Crippen molar-refractivity contribution in [1.29, 1.82) is 0 Å². The van der Waals surface area contributed by atoms with Gasteiger partial charge in [-0.15, -0.1) is 0 Å². The van der Waals surface area contributed by atoms with Crippen LogP contribution in [-0.2, 0) is 7.05 Å². The van der Waals surface area contributed by atoms with Gasteiger partial charge in [0, 0.05) is 58.7 Å². The van der Waals surface area contributed by atoms with Gasteiger partial charge in [0.1, 0.15) is 5.82 Å². The second kappa shape index (κ2) is 7.33. The fourth-order valence-electron chi connectivity index (χ4n) is 3.38. The maximum atomic E-state index is 13.8. The number of halogens is 2. The molecule has 2 aromatic heterocycles. The highest BCUT2D eigenvalue weighted by Crippen LogP contribution is 2.33. The maximum Gasteiger partial charge on any atom is 0.252 e. The summed E-state index contributed by atoms with van der Waals surface area (Å²) in [5.74, 6) is -0.654. The van der Waals surface area contributed by atoms with E-state index in [0.717, 1.165) is 20.9 Å². The third-order valence-electron chi connectivity index (χ3n) is 4.67. The van der Waals surface area contributed by atoms with Crippen LogP contribution in [0.4, 0.5) is 4.39 Å². The number of hydrogen-bond acceptors (Lipinski definition) is 3. The Morgan fingerprint density at radius 3 is 2.82 bits per heavy atom. The van der Waals surface area contributed by atoms with E-state index in [0.29, 0.717) is 35.2 Å². The molecule has 0 saturated heterocycles. The number of aryl methyl sites for hydroxylation is 1. The first kappa shape index (κ1) is 18.6. The molecule has 3 N–H and O–H groups in total. The van der Waals surface area contributed by atoms with Gasteiger partial charge in [0.05, 0.1) is 16.8 Å². The zero-order valence-corrected chi connectivity index (χ0v) is 16.8. The lowest BCUT2D eigenvalue weighted by molar-refractivity contribution is 0.0956. The van der Waals surface area contributed by atoms with Crippen LogP contribution in [0.2, 0.25) is 0 Å². The van der Waals surface area contributed by atoms with Crippen molar-refractivity contribution in [3.05, 3.63) is 64.5 Å². The van der Waals surface area contributed by atoms with Crippen molar-refractivity contribution in [2.24, 2.45) is 12.8 Å². The summed E-state index contributed by atoms with van der Waals surface area (Å²) in [5.41, 5.74) is 8.90. The molecular weight excluding hydrogens is 423 g/mol. The smallest absolute Gasteiger partial charge is 0.252 e. The standard InChI is InChI=1S/C21H18BrFN4O/c1-27-11-17(15-8-12(22)2-5-20(15)27)19-10-16(21(28)25-7-6-24)14-4-3-13(23)9-18(14)26-19/h2-5,8-11H,6-7,24H2,1H3,(H,25,28). The predicted octanol–water partition coefficient (Wildman–Crippen LogP) is 3.98. The fraction of sp³-hybridized carbons (Fsp3) is 0.143. The molecule has 0 aliphatic carbocycles. The van der Waals surface area contributed by atoms with Gasteiger partial charge in [-0.05, 0) is 36.4 Å². The van der Waals surface area contributed by atoms with Crippen molar-refractivity contribution >= 4 is 43.6 Å². The summed E-state index contributed by atoms with van der Waals surface area (Å²) in [5, 5.41) is 4.38. The Morgan fingerprint density at radius 1 is 1.21 bits per heavy atom. The lowest BCUT2D eigenvalue weighted by Gasteiger charge is -2.10. The number of nitrogens with zero attached hydrogens (tertiary/aromatic N) is 2. The molecule has 0 fully saturated rings. The summed E-state index contributed by atoms with van der Waals surface area (Å²) in [6.45, 7) is 0.702. The maximum absolute atomic E-state index is 13.8. The number of hydrogen-bond donors (Lipinski definition) is 2. The van der Waals surface area contributed by atoms with E-state index in [1.165, 1.54) is 12.1 Å². The van der Waals surface area contributed by atoms with E-state index in [1.807, 2.05) is 36.0 Å². The SMILES string of the molecule is Cn1cc(-c2cc(C(=O)NCCN)c3ccc(F)cc3n2)c2cc(Br)ccc21. The van der Waals surface area contributed by atoms with E-state index in [1.54, 1.807) is 12.1 Å². The van der Waals surface area contributed by atoms with E-state index in [2.05, 4.69) is 26.2 Å². The average Bonchev–Trinajstić information content (AvgIpc) is 3.00. The summed E-state index contributed by atoms with van der Waals surface area (Å²) in [4.78, 5) is 17.4. The summed E-state index contributed by atoms with van der Waals surface area (Å²) in [7, 11) is 1.95. The van der Waals surface area contributed by atoms with Crippen molar-refractivity contribution in [2.45, 2.75) is 0 Å². The highest BCUT2D eigenvalue weighted by Gasteiger charge is 2.17. The van der Waals surface area contributed by atoms with Gasteiger partial charge < -0.3 is 15.6 Å². The molecule has 0 saturated carbocycles. The normalized spacial score (nSPS) is 11.3. The number of rotatable bonds is 4. The molecule has 0 aliphatic rings. The minimum atomic E-state index is -0.397. The van der Waals surface area contributed by atoms with Crippen LogP contribution in [0.25, 0.3) is 33.1 Å². The van der Waals surface area contributed by atoms with Gasteiger partial charge in [0.2, 0.25) is 0 Å². The first-order valence-electron chi connectivity index (χ1n) is 8.81. The number of aromatic nitrogens is 2. The van der Waals surface area contributed by atoms with Crippen molar-refractivity contribution in [1.82, 2.24) is 14.9 Å². The molecule has 4 rings (SSSR count). The second-order valence-electron chi connectivity index (χ2n) is 6.58. The van der Waals surface area contributed by atoms with E-state index in [-0.39, 0.29) is 5.91 Å². The van der Waals surface area contributed by atoms with Crippen molar-refractivity contribution in [2.75, 3.05) is 13.1 Å². The number of nitrogens with one attached hydrogen (secondary N) is 1. The Bertz CT molecular complexity index is 1220. The predicted molar refractivity (Wildman–Crippen MR) is 113 cm³/mol. The quantitative estimate of drug-likeness (QED) is 0.503. The van der Waals surface area contributed by atoms with Crippen LogP contribution in [0.15, 0.2) is 53.1 Å². The number of amides is 1. The zero-order chi connectivity index (χ0) is 19.8. The molecular formula is C21H18BrFN4O. The molecule has 2 heterocycles. The Balaban J connectivity index is 1.98. The average molecular weight is 441 g/mol. The summed E-state index contributed by atoms with van der Waals surface area (Å²) >= 11 is 3.51. The van der Waals surface area contributed by atoms with Gasteiger partial charge in [0.15, 0.2) is 0 Å². The van der Waals surface area contributed by atoms with Gasteiger partial charge in [-0.2, -0.15) is 0 Å². The molecule has 1 amide bonds. The Labute approximate surface area is 169 Å². The number of pyridine rings is 1. The topological polar surface area (TPSA) is 72.9 Å². The summed E-state index contributed by atoms with van der Waals surface area (Å²) < 4.78 is 16.8. The van der Waals surface area contributed by atoms with Crippen LogP contribution >= 0.6 is 15.9 Å². The highest BCUT2D eigenvalue weighted by atomic mass is 79.9. The number of carbonyl (C=O) groups excluding carboxylic acids is 1. The van der Waals surface area contributed by atoms with E-state index in [4.69, 9.17) is 5.73 Å². The molecule has 0 atom stereocenters. The second-order valence-corrected chi connectivity index (χ2v) is 7.49. The van der Waals surface area contributed by atoms with Crippen molar-refractivity contribution < 1.29 is 9.18 Å². The molecule has 0 spiro atoms. The van der Waals surface area contributed by atoms with Crippen LogP contribution in [0.3, 0.4) is 0 Å². The molecule has 4 aromatic rings. The minimum absolute atomic E-state index is 0.257. The molecule has 28 heavy (non-hydrogen) atoms. The molecule has 142 valence electrons. The van der Waals surface area contributed by atoms with Gasteiger partial charge >= 0.3 is 0 Å². The van der Waals surface area contributed by atoms with Crippen LogP contribution in [0, 0.1) is 5.82 Å². The van der Waals surface area contributed by atoms with Crippen molar-refractivity contribution in [3.63, 3.8) is 0 Å². The molecule has 0 bridgehead atoms. The van der Waals surface area contributed by atoms with Gasteiger partial charge in [-0.25, -0.2) is 9.37 Å². The molecule has 0 unspecified atom stereocenters. The Morgan fingerprint density at radius 2 is 2.04 bits per heavy atom. The van der Waals surface area contributed by atoms with E-state index >= 15 is 0 Å². The zero-order valence-electron chi connectivity index (χ0n) is 15.2. The number of carbonyl (C=O) groups is 1. The number of benzene rings is 2. The third kappa shape index (κ3) is 3.27. The first-order valence-corrected chi connectivity index (χ1v) is 9.61. The molecule has 0 aliphatic heterocycles. The number of fused-ring (bicyclic) bond motifs is 2. The van der Waals surface area contributed by atoms with Crippen LogP contribution in [0.5, 0.6) is 0 Å². The summed E-state index contributed by atoms with van der Waals surface area (Å²) in [6.07, 6.45) is 1.96. The molecule has 2 aromatic carbocycles. The van der Waals surface area contributed by atoms with E-state index in [9.17, 15) is 9.18 Å². The van der Waals surface area contributed by atoms with Crippen molar-refractivity contribution in [3.8, 4) is 11.3 Å². The lowest BCUT2D eigenvalue weighted by Crippen LogP contribution is -2.29. The largest absolute Gasteiger partial charge is 0.351 e. The van der Waals surface area contributed by atoms with Gasteiger partial charge in [0.25, 0.3) is 5.91 Å². The number of nitrogens with two attached hydrogens (primary N) is 1. The van der Waals surface area contributed by atoms with Crippen LogP contribution < -0.4 is 11.1 Å². The Kier molecular flexibility index (Phi) is 4.87. The monoisotopic (exact) mass is 440 g/mol. The van der Waals surface area contributed by atoms with Crippen LogP contribution in [0.1, 0.15) is 10.4 Å². The first-order chi connectivity index (χ1) is 13.5. The highest BCUT2D eigenvalue weighted by molar-refractivity contribution is 9.10.